The molecule has 0 atom stereocenters. The van der Waals surface area contributed by atoms with Crippen molar-refractivity contribution in [1.29, 1.82) is 0 Å². The van der Waals surface area contributed by atoms with Crippen LogP contribution in [-0.2, 0) is 4.79 Å². The highest BCUT2D eigenvalue weighted by atomic mass is 16.5. The summed E-state index contributed by atoms with van der Waals surface area (Å²) in [4.78, 5) is 13.6. The van der Waals surface area contributed by atoms with Crippen LogP contribution in [0, 0.1) is 0 Å². The van der Waals surface area contributed by atoms with Gasteiger partial charge in [0.2, 0.25) is 0 Å². The van der Waals surface area contributed by atoms with Gasteiger partial charge in [-0.2, -0.15) is 0 Å². The van der Waals surface area contributed by atoms with Gasteiger partial charge >= 0.3 is 5.97 Å². The number of hydrogen-bond donors (Lipinski definition) is 0. The Hall–Kier alpha value is -4.31. The molecule has 0 unspecified atom stereocenters. The van der Waals surface area contributed by atoms with E-state index in [9.17, 15) is 4.79 Å². The molecule has 0 spiro atoms. The van der Waals surface area contributed by atoms with Crippen molar-refractivity contribution < 1.29 is 14.3 Å². The number of benzene rings is 4. The zero-order valence-electron chi connectivity index (χ0n) is 16.8. The summed E-state index contributed by atoms with van der Waals surface area (Å²) in [6.45, 7) is 3.42. The van der Waals surface area contributed by atoms with Crippen LogP contribution < -0.4 is 14.4 Å². The van der Waals surface area contributed by atoms with E-state index in [0.717, 1.165) is 34.6 Å². The molecule has 0 N–H and O–H groups in total. The first kappa shape index (κ1) is 20.0. The van der Waals surface area contributed by atoms with E-state index < -0.39 is 5.97 Å². The second-order valence-electron chi connectivity index (χ2n) is 6.70. The molecule has 4 aromatic carbocycles. The molecular formula is C27H21NO3. The van der Waals surface area contributed by atoms with Gasteiger partial charge in [-0.05, 0) is 72.8 Å². The lowest BCUT2D eigenvalue weighted by atomic mass is 10.2. The maximum atomic E-state index is 11.4. The highest BCUT2D eigenvalue weighted by molar-refractivity contribution is 5.83. The molecule has 0 aliphatic carbocycles. The average Bonchev–Trinajstić information content (AvgIpc) is 2.83. The fraction of sp³-hybridized carbons (Fsp3) is 0. The minimum Gasteiger partial charge on any atom is -0.457 e. The van der Waals surface area contributed by atoms with Gasteiger partial charge in [0.15, 0.2) is 0 Å². The number of esters is 1. The lowest BCUT2D eigenvalue weighted by molar-refractivity contribution is -0.128. The van der Waals surface area contributed by atoms with Crippen molar-refractivity contribution in [2.75, 3.05) is 4.90 Å². The van der Waals surface area contributed by atoms with Gasteiger partial charge < -0.3 is 14.4 Å². The third-order valence-corrected chi connectivity index (χ3v) is 4.57. The van der Waals surface area contributed by atoms with Crippen molar-refractivity contribution in [3.8, 4) is 17.2 Å². The second kappa shape index (κ2) is 9.46. The Bertz CT molecular complexity index is 1140. The Balaban J connectivity index is 1.63. The maximum absolute atomic E-state index is 11.4. The summed E-state index contributed by atoms with van der Waals surface area (Å²) in [5.74, 6) is 1.53. The van der Waals surface area contributed by atoms with Crippen LogP contribution in [0.3, 0.4) is 0 Å². The average molecular weight is 407 g/mol. The fourth-order valence-electron chi connectivity index (χ4n) is 3.13. The Morgan fingerprint density at radius 1 is 0.613 bits per heavy atom. The van der Waals surface area contributed by atoms with Gasteiger partial charge in [0.25, 0.3) is 0 Å². The van der Waals surface area contributed by atoms with Gasteiger partial charge in [0, 0.05) is 23.1 Å². The Kier molecular flexibility index (Phi) is 6.10. The SMILES string of the molecule is C=CC(=O)Oc1ccc(N(c2ccccc2)c2ccc(Oc3ccccc3)cc2)cc1. The molecule has 0 fully saturated rings. The molecule has 0 amide bonds. The smallest absolute Gasteiger partial charge is 0.335 e. The van der Waals surface area contributed by atoms with Gasteiger partial charge in [-0.25, -0.2) is 4.79 Å². The van der Waals surface area contributed by atoms with Gasteiger partial charge in [-0.15, -0.1) is 0 Å². The molecule has 4 rings (SSSR count). The first-order valence-electron chi connectivity index (χ1n) is 9.85. The van der Waals surface area contributed by atoms with Crippen LogP contribution in [0.2, 0.25) is 0 Å². The summed E-state index contributed by atoms with van der Waals surface area (Å²) < 4.78 is 11.1. The maximum Gasteiger partial charge on any atom is 0.335 e. The van der Waals surface area contributed by atoms with Crippen molar-refractivity contribution >= 4 is 23.0 Å². The minimum absolute atomic E-state index is 0.466. The van der Waals surface area contributed by atoms with E-state index in [1.165, 1.54) is 0 Å². The quantitative estimate of drug-likeness (QED) is 0.187. The van der Waals surface area contributed by atoms with E-state index in [-0.39, 0.29) is 0 Å². The summed E-state index contributed by atoms with van der Waals surface area (Å²) in [6, 6.07) is 35.0. The van der Waals surface area contributed by atoms with Crippen molar-refractivity contribution in [2.24, 2.45) is 0 Å². The van der Waals surface area contributed by atoms with Gasteiger partial charge in [0.1, 0.15) is 17.2 Å². The molecule has 31 heavy (non-hydrogen) atoms. The van der Waals surface area contributed by atoms with E-state index in [4.69, 9.17) is 9.47 Å². The van der Waals surface area contributed by atoms with Crippen LogP contribution in [0.5, 0.6) is 17.2 Å². The summed E-state index contributed by atoms with van der Waals surface area (Å²) in [5, 5.41) is 0. The largest absolute Gasteiger partial charge is 0.457 e. The third kappa shape index (κ3) is 5.00. The number of hydrogen-bond acceptors (Lipinski definition) is 4. The molecule has 0 aliphatic heterocycles. The predicted molar refractivity (Wildman–Crippen MR) is 123 cm³/mol. The topological polar surface area (TPSA) is 38.8 Å². The highest BCUT2D eigenvalue weighted by Crippen LogP contribution is 2.36. The van der Waals surface area contributed by atoms with Gasteiger partial charge in [-0.3, -0.25) is 0 Å². The molecular weight excluding hydrogens is 386 g/mol. The van der Waals surface area contributed by atoms with E-state index in [0.29, 0.717) is 5.75 Å². The zero-order valence-corrected chi connectivity index (χ0v) is 16.8. The lowest BCUT2D eigenvalue weighted by Gasteiger charge is -2.25. The number of anilines is 3. The number of ether oxygens (including phenoxy) is 2. The van der Waals surface area contributed by atoms with Crippen molar-refractivity contribution in [3.63, 3.8) is 0 Å². The molecule has 0 heterocycles. The second-order valence-corrected chi connectivity index (χ2v) is 6.70. The monoisotopic (exact) mass is 407 g/mol. The number of carbonyl (C=O) groups is 1. The van der Waals surface area contributed by atoms with Crippen LogP contribution >= 0.6 is 0 Å². The van der Waals surface area contributed by atoms with Crippen LogP contribution in [-0.4, -0.2) is 5.97 Å². The molecule has 4 aromatic rings. The van der Waals surface area contributed by atoms with Crippen LogP contribution in [0.1, 0.15) is 0 Å². The number of para-hydroxylation sites is 2. The Morgan fingerprint density at radius 3 is 1.61 bits per heavy atom. The standard InChI is InChI=1S/C27H21NO3/c1-2-27(29)31-26-19-15-23(16-20-26)28(21-9-5-3-6-10-21)22-13-17-25(18-14-22)30-24-11-7-4-8-12-24/h2-20H,1H2. The zero-order chi connectivity index (χ0) is 21.5. The highest BCUT2D eigenvalue weighted by Gasteiger charge is 2.13. The summed E-state index contributed by atoms with van der Waals surface area (Å²) >= 11 is 0. The number of carbonyl (C=O) groups excluding carboxylic acids is 1. The van der Waals surface area contributed by atoms with E-state index in [2.05, 4.69) is 11.5 Å². The summed E-state index contributed by atoms with van der Waals surface area (Å²) in [6.07, 6.45) is 1.14. The van der Waals surface area contributed by atoms with Crippen molar-refractivity contribution in [2.45, 2.75) is 0 Å². The predicted octanol–water partition coefficient (Wildman–Crippen LogP) is 7.04. The molecule has 152 valence electrons. The molecule has 0 saturated carbocycles. The van der Waals surface area contributed by atoms with Crippen molar-refractivity contribution in [1.82, 2.24) is 0 Å². The Morgan fingerprint density at radius 2 is 1.06 bits per heavy atom. The molecule has 0 saturated heterocycles. The number of rotatable bonds is 7. The normalized spacial score (nSPS) is 10.2. The molecule has 0 aromatic heterocycles. The first-order valence-corrected chi connectivity index (χ1v) is 9.85. The molecule has 0 aliphatic rings. The van der Waals surface area contributed by atoms with E-state index in [1.54, 1.807) is 12.1 Å². The van der Waals surface area contributed by atoms with E-state index in [1.807, 2.05) is 97.1 Å². The van der Waals surface area contributed by atoms with Gasteiger partial charge in [0.05, 0.1) is 0 Å². The minimum atomic E-state index is -0.485. The van der Waals surface area contributed by atoms with Crippen molar-refractivity contribution in [3.05, 3.63) is 122 Å². The van der Waals surface area contributed by atoms with Crippen LogP contribution in [0.4, 0.5) is 17.1 Å². The lowest BCUT2D eigenvalue weighted by Crippen LogP contribution is -2.10. The van der Waals surface area contributed by atoms with E-state index >= 15 is 0 Å². The Labute approximate surface area is 181 Å². The first-order chi connectivity index (χ1) is 15.2. The fourth-order valence-corrected chi connectivity index (χ4v) is 3.13. The van der Waals surface area contributed by atoms with Crippen LogP contribution in [0.15, 0.2) is 122 Å². The molecule has 4 nitrogen and oxygen atoms in total. The van der Waals surface area contributed by atoms with Gasteiger partial charge in [-0.1, -0.05) is 43.0 Å². The summed E-state index contributed by atoms with van der Waals surface area (Å²) in [5.41, 5.74) is 2.92. The summed E-state index contributed by atoms with van der Waals surface area (Å²) in [7, 11) is 0. The molecule has 0 radical (unpaired) electrons. The third-order valence-electron chi connectivity index (χ3n) is 4.57. The van der Waals surface area contributed by atoms with Crippen LogP contribution in [0.25, 0.3) is 0 Å². The number of nitrogens with zero attached hydrogens (tertiary/aromatic N) is 1. The molecule has 4 heteroatoms. The molecule has 0 bridgehead atoms.